The maximum absolute atomic E-state index is 4.47. The van der Waals surface area contributed by atoms with E-state index in [1.165, 1.54) is 32.4 Å². The van der Waals surface area contributed by atoms with Crippen LogP contribution < -0.4 is 5.32 Å². The molecule has 0 aliphatic carbocycles. The highest BCUT2D eigenvalue weighted by Crippen LogP contribution is 2.12. The molecule has 0 bridgehead atoms. The van der Waals surface area contributed by atoms with Gasteiger partial charge in [-0.2, -0.15) is 0 Å². The maximum Gasteiger partial charge on any atom is 0.130 e. The van der Waals surface area contributed by atoms with Crippen molar-refractivity contribution in [3.8, 4) is 0 Å². The van der Waals surface area contributed by atoms with Gasteiger partial charge in [-0.25, -0.2) is 9.97 Å². The molecular weight excluding hydrogens is 236 g/mol. The average molecular weight is 262 g/mol. The van der Waals surface area contributed by atoms with Crippen LogP contribution in [-0.2, 0) is 6.42 Å². The summed E-state index contributed by atoms with van der Waals surface area (Å²) >= 11 is 0. The molecule has 106 valence electrons. The Kier molecular flexibility index (Phi) is 5.14. The van der Waals surface area contributed by atoms with Crippen molar-refractivity contribution in [3.63, 3.8) is 0 Å². The smallest absolute Gasteiger partial charge is 0.130 e. The van der Waals surface area contributed by atoms with Gasteiger partial charge in [-0.1, -0.05) is 13.3 Å². The molecule has 0 radical (unpaired) electrons. The summed E-state index contributed by atoms with van der Waals surface area (Å²) in [7, 11) is 0. The van der Waals surface area contributed by atoms with Gasteiger partial charge in [0.25, 0.3) is 0 Å². The van der Waals surface area contributed by atoms with E-state index in [4.69, 9.17) is 0 Å². The van der Waals surface area contributed by atoms with E-state index >= 15 is 0 Å². The molecule has 0 saturated carbocycles. The van der Waals surface area contributed by atoms with E-state index < -0.39 is 0 Å². The number of hydrogen-bond donors (Lipinski definition) is 1. The minimum absolute atomic E-state index is 0.428. The SMILES string of the molecule is CCc1cc(NC(C)CN2CCCCC2)nc(C)n1. The zero-order valence-corrected chi connectivity index (χ0v) is 12.4. The first-order valence-electron chi connectivity index (χ1n) is 7.51. The Morgan fingerprint density at radius 3 is 2.68 bits per heavy atom. The van der Waals surface area contributed by atoms with Crippen molar-refractivity contribution < 1.29 is 0 Å². The summed E-state index contributed by atoms with van der Waals surface area (Å²) in [6, 6.07) is 2.50. The highest BCUT2D eigenvalue weighted by molar-refractivity contribution is 5.37. The van der Waals surface area contributed by atoms with Crippen LogP contribution in [0.3, 0.4) is 0 Å². The van der Waals surface area contributed by atoms with E-state index in [2.05, 4.69) is 40.1 Å². The topological polar surface area (TPSA) is 41.0 Å². The van der Waals surface area contributed by atoms with Gasteiger partial charge in [-0.05, 0) is 46.2 Å². The number of rotatable bonds is 5. The van der Waals surface area contributed by atoms with E-state index in [1.54, 1.807) is 0 Å². The van der Waals surface area contributed by atoms with Crippen molar-refractivity contribution in [2.75, 3.05) is 25.0 Å². The molecule has 19 heavy (non-hydrogen) atoms. The van der Waals surface area contributed by atoms with Gasteiger partial charge in [-0.3, -0.25) is 0 Å². The molecule has 0 spiro atoms. The van der Waals surface area contributed by atoms with Crippen LogP contribution in [0.1, 0.15) is 44.6 Å². The Morgan fingerprint density at radius 1 is 1.26 bits per heavy atom. The largest absolute Gasteiger partial charge is 0.366 e. The van der Waals surface area contributed by atoms with Crippen LogP contribution in [0.15, 0.2) is 6.07 Å². The molecule has 4 heteroatoms. The first-order valence-corrected chi connectivity index (χ1v) is 7.51. The Balaban J connectivity index is 1.90. The molecule has 1 aliphatic heterocycles. The van der Waals surface area contributed by atoms with Gasteiger partial charge in [0.1, 0.15) is 11.6 Å². The van der Waals surface area contributed by atoms with E-state index in [0.29, 0.717) is 6.04 Å². The third-order valence-corrected chi connectivity index (χ3v) is 3.63. The lowest BCUT2D eigenvalue weighted by molar-refractivity contribution is 0.223. The van der Waals surface area contributed by atoms with E-state index in [9.17, 15) is 0 Å². The first kappa shape index (κ1) is 14.3. The van der Waals surface area contributed by atoms with Crippen molar-refractivity contribution >= 4 is 5.82 Å². The van der Waals surface area contributed by atoms with Crippen LogP contribution in [0.4, 0.5) is 5.82 Å². The van der Waals surface area contributed by atoms with Gasteiger partial charge in [0.2, 0.25) is 0 Å². The highest BCUT2D eigenvalue weighted by atomic mass is 15.2. The molecule has 1 aliphatic rings. The number of anilines is 1. The molecule has 1 N–H and O–H groups in total. The molecule has 1 atom stereocenters. The Labute approximate surface area is 116 Å². The second-order valence-electron chi connectivity index (χ2n) is 5.55. The normalized spacial score (nSPS) is 18.3. The fraction of sp³-hybridized carbons (Fsp3) is 0.733. The van der Waals surface area contributed by atoms with E-state index in [0.717, 1.165) is 30.3 Å². The number of piperidine rings is 1. The monoisotopic (exact) mass is 262 g/mol. The van der Waals surface area contributed by atoms with Gasteiger partial charge in [0, 0.05) is 24.3 Å². The van der Waals surface area contributed by atoms with Crippen molar-refractivity contribution in [1.29, 1.82) is 0 Å². The Morgan fingerprint density at radius 2 is 2.00 bits per heavy atom. The zero-order chi connectivity index (χ0) is 13.7. The molecule has 1 saturated heterocycles. The number of nitrogens with one attached hydrogen (secondary N) is 1. The van der Waals surface area contributed by atoms with Crippen LogP contribution in [0.25, 0.3) is 0 Å². The summed E-state index contributed by atoms with van der Waals surface area (Å²) in [5, 5.41) is 3.51. The van der Waals surface area contributed by atoms with E-state index in [-0.39, 0.29) is 0 Å². The number of aryl methyl sites for hydroxylation is 2. The molecule has 1 fully saturated rings. The average Bonchev–Trinajstić information content (AvgIpc) is 2.38. The van der Waals surface area contributed by atoms with E-state index in [1.807, 2.05) is 6.92 Å². The molecule has 1 aromatic heterocycles. The fourth-order valence-electron chi connectivity index (χ4n) is 2.71. The number of hydrogen-bond acceptors (Lipinski definition) is 4. The molecule has 4 nitrogen and oxygen atoms in total. The van der Waals surface area contributed by atoms with Crippen molar-refractivity contribution in [2.24, 2.45) is 0 Å². The van der Waals surface area contributed by atoms with Crippen molar-refractivity contribution in [1.82, 2.24) is 14.9 Å². The van der Waals surface area contributed by atoms with Crippen molar-refractivity contribution in [2.45, 2.75) is 52.5 Å². The first-order chi connectivity index (χ1) is 9.17. The summed E-state index contributed by atoms with van der Waals surface area (Å²) in [5.74, 6) is 1.82. The lowest BCUT2D eigenvalue weighted by Gasteiger charge is -2.29. The van der Waals surface area contributed by atoms with Gasteiger partial charge in [0.15, 0.2) is 0 Å². The zero-order valence-electron chi connectivity index (χ0n) is 12.4. The van der Waals surface area contributed by atoms with Crippen molar-refractivity contribution in [3.05, 3.63) is 17.6 Å². The van der Waals surface area contributed by atoms with Gasteiger partial charge in [-0.15, -0.1) is 0 Å². The highest BCUT2D eigenvalue weighted by Gasteiger charge is 2.13. The quantitative estimate of drug-likeness (QED) is 0.885. The van der Waals surface area contributed by atoms with Crippen LogP contribution in [0.5, 0.6) is 0 Å². The Hall–Kier alpha value is -1.16. The summed E-state index contributed by atoms with van der Waals surface area (Å²) in [6.07, 6.45) is 5.04. The summed E-state index contributed by atoms with van der Waals surface area (Å²) in [6.45, 7) is 9.91. The second kappa shape index (κ2) is 6.85. The van der Waals surface area contributed by atoms with Crippen LogP contribution in [0, 0.1) is 6.92 Å². The fourth-order valence-corrected chi connectivity index (χ4v) is 2.71. The number of nitrogens with zero attached hydrogens (tertiary/aromatic N) is 3. The lowest BCUT2D eigenvalue weighted by Crippen LogP contribution is -2.38. The van der Waals surface area contributed by atoms with Crippen LogP contribution in [-0.4, -0.2) is 40.5 Å². The van der Waals surface area contributed by atoms with Gasteiger partial charge in [0.05, 0.1) is 0 Å². The molecule has 0 aromatic carbocycles. The maximum atomic E-state index is 4.47. The number of aromatic nitrogens is 2. The summed E-state index contributed by atoms with van der Waals surface area (Å²) < 4.78 is 0. The molecule has 1 unspecified atom stereocenters. The van der Waals surface area contributed by atoms with Crippen LogP contribution >= 0.6 is 0 Å². The predicted octanol–water partition coefficient (Wildman–Crippen LogP) is 2.63. The van der Waals surface area contributed by atoms with Gasteiger partial charge < -0.3 is 10.2 Å². The molecule has 2 heterocycles. The lowest BCUT2D eigenvalue weighted by atomic mass is 10.1. The summed E-state index contributed by atoms with van der Waals surface area (Å²) in [5.41, 5.74) is 1.11. The van der Waals surface area contributed by atoms with Crippen LogP contribution in [0.2, 0.25) is 0 Å². The second-order valence-corrected chi connectivity index (χ2v) is 5.55. The minimum atomic E-state index is 0.428. The van der Waals surface area contributed by atoms with Gasteiger partial charge >= 0.3 is 0 Å². The third kappa shape index (κ3) is 4.46. The molecule has 2 rings (SSSR count). The minimum Gasteiger partial charge on any atom is -0.366 e. The Bertz CT molecular complexity index is 399. The predicted molar refractivity (Wildman–Crippen MR) is 79.5 cm³/mol. The summed E-state index contributed by atoms with van der Waals surface area (Å²) in [4.78, 5) is 11.4. The third-order valence-electron chi connectivity index (χ3n) is 3.63. The molecule has 1 aromatic rings. The molecule has 0 amide bonds. The molecular formula is C15H26N4. The standard InChI is InChI=1S/C15H26N4/c1-4-14-10-15(18-13(3)17-14)16-12(2)11-19-8-6-5-7-9-19/h10,12H,4-9,11H2,1-3H3,(H,16,17,18). The number of likely N-dealkylation sites (tertiary alicyclic amines) is 1.